The topological polar surface area (TPSA) is 74.6 Å². The molecule has 1 aromatic carbocycles. The molecule has 8 nitrogen and oxygen atoms in total. The summed E-state index contributed by atoms with van der Waals surface area (Å²) >= 11 is 3.10. The number of nitrogens with zero attached hydrogens (tertiary/aromatic N) is 6. The summed E-state index contributed by atoms with van der Waals surface area (Å²) in [5.74, 6) is 1.34. The second-order valence-electron chi connectivity index (χ2n) is 8.40. The second-order valence-corrected chi connectivity index (χ2v) is 10.6. The van der Waals surface area contributed by atoms with E-state index >= 15 is 0 Å². The second kappa shape index (κ2) is 12.2. The smallest absolute Gasteiger partial charge is 0.287 e. The molecule has 0 radical (unpaired) electrons. The average Bonchev–Trinajstić information content (AvgIpc) is 2.89. The predicted molar refractivity (Wildman–Crippen MR) is 143 cm³/mol. The van der Waals surface area contributed by atoms with E-state index in [0.717, 1.165) is 28.6 Å². The average molecular weight is 511 g/mol. The molecule has 0 unspecified atom stereocenters. The third-order valence-electron chi connectivity index (χ3n) is 5.69. The van der Waals surface area contributed by atoms with E-state index in [0.29, 0.717) is 36.8 Å². The van der Waals surface area contributed by atoms with Crippen molar-refractivity contribution in [1.82, 2.24) is 24.6 Å². The van der Waals surface area contributed by atoms with Gasteiger partial charge in [0.1, 0.15) is 0 Å². The van der Waals surface area contributed by atoms with Crippen LogP contribution in [0, 0.1) is 0 Å². The standard InChI is InChI=1S/C25H30N6O2S2/c1-28(2)16-17-34-24-22(18-27-31(25(24)33)20-6-4-3-5-7-20)29-12-14-30(15-13-29)23(32)19-35-21-8-10-26-11-9-21/h3-11,18H,12-17,19H2,1-2H3. The molecule has 0 aliphatic carbocycles. The molecule has 1 amide bonds. The first kappa shape index (κ1) is 25.3. The van der Waals surface area contributed by atoms with Crippen LogP contribution in [0.25, 0.3) is 5.69 Å². The Morgan fingerprint density at radius 3 is 2.40 bits per heavy atom. The highest BCUT2D eigenvalue weighted by Gasteiger charge is 2.25. The van der Waals surface area contributed by atoms with E-state index in [1.165, 1.54) is 16.4 Å². The molecule has 4 rings (SSSR count). The first-order valence-electron chi connectivity index (χ1n) is 11.5. The third-order valence-corrected chi connectivity index (χ3v) is 7.74. The van der Waals surface area contributed by atoms with E-state index in [1.54, 1.807) is 30.4 Å². The van der Waals surface area contributed by atoms with Crippen LogP contribution in [0.2, 0.25) is 0 Å². The third kappa shape index (κ3) is 6.65. The fraction of sp³-hybridized carbons (Fsp3) is 0.360. The Kier molecular flexibility index (Phi) is 8.84. The van der Waals surface area contributed by atoms with Gasteiger partial charge in [-0.3, -0.25) is 14.6 Å². The lowest BCUT2D eigenvalue weighted by atomic mass is 10.2. The Hall–Kier alpha value is -2.82. The van der Waals surface area contributed by atoms with Crippen LogP contribution in [-0.2, 0) is 4.79 Å². The van der Waals surface area contributed by atoms with Crippen LogP contribution in [0.1, 0.15) is 0 Å². The first-order chi connectivity index (χ1) is 17.0. The molecule has 3 heterocycles. The van der Waals surface area contributed by atoms with Crippen LogP contribution in [0.4, 0.5) is 5.69 Å². The predicted octanol–water partition coefficient (Wildman–Crippen LogP) is 2.72. The number of carbonyl (C=O) groups is 1. The number of rotatable bonds is 9. The van der Waals surface area contributed by atoms with Crippen LogP contribution in [-0.4, -0.2) is 88.8 Å². The van der Waals surface area contributed by atoms with Crippen LogP contribution >= 0.6 is 23.5 Å². The number of hydrogen-bond acceptors (Lipinski definition) is 8. The minimum Gasteiger partial charge on any atom is -0.366 e. The van der Waals surface area contributed by atoms with Crippen LogP contribution < -0.4 is 10.5 Å². The minimum atomic E-state index is -0.107. The molecule has 10 heteroatoms. The van der Waals surface area contributed by atoms with Gasteiger partial charge in [0.2, 0.25) is 5.91 Å². The van der Waals surface area contributed by atoms with Crippen molar-refractivity contribution >= 4 is 35.1 Å². The lowest BCUT2D eigenvalue weighted by molar-refractivity contribution is -0.128. The first-order valence-corrected chi connectivity index (χ1v) is 13.5. The summed E-state index contributed by atoms with van der Waals surface area (Å²) in [6, 6.07) is 13.3. The fourth-order valence-corrected chi connectivity index (χ4v) is 5.73. The summed E-state index contributed by atoms with van der Waals surface area (Å²) in [5, 5.41) is 4.49. The lowest BCUT2D eigenvalue weighted by Crippen LogP contribution is -2.49. The maximum atomic E-state index is 13.5. The van der Waals surface area contributed by atoms with Crippen molar-refractivity contribution in [3.05, 3.63) is 71.4 Å². The van der Waals surface area contributed by atoms with Crippen molar-refractivity contribution < 1.29 is 4.79 Å². The van der Waals surface area contributed by atoms with E-state index in [1.807, 2.05) is 61.5 Å². The number of pyridine rings is 1. The summed E-state index contributed by atoms with van der Waals surface area (Å²) in [6.07, 6.45) is 5.27. The normalized spacial score (nSPS) is 13.9. The molecular formula is C25H30N6O2S2. The Bertz CT molecular complexity index is 1170. The maximum Gasteiger partial charge on any atom is 0.287 e. The number of piperazine rings is 1. The Morgan fingerprint density at radius 1 is 1.00 bits per heavy atom. The Labute approximate surface area is 214 Å². The van der Waals surface area contributed by atoms with Gasteiger partial charge in [-0.05, 0) is 38.4 Å². The molecule has 1 saturated heterocycles. The highest BCUT2D eigenvalue weighted by atomic mass is 32.2. The molecule has 1 aliphatic heterocycles. The molecule has 184 valence electrons. The number of para-hydroxylation sites is 1. The zero-order valence-electron chi connectivity index (χ0n) is 20.0. The van der Waals surface area contributed by atoms with Crippen molar-refractivity contribution in [1.29, 1.82) is 0 Å². The quantitative estimate of drug-likeness (QED) is 0.407. The van der Waals surface area contributed by atoms with Crippen molar-refractivity contribution in [2.45, 2.75) is 9.79 Å². The van der Waals surface area contributed by atoms with Gasteiger partial charge in [-0.2, -0.15) is 9.78 Å². The SMILES string of the molecule is CN(C)CCSc1c(N2CCN(C(=O)CSc3ccncc3)CC2)cnn(-c2ccccc2)c1=O. The summed E-state index contributed by atoms with van der Waals surface area (Å²) in [7, 11) is 4.05. The van der Waals surface area contributed by atoms with Gasteiger partial charge in [-0.1, -0.05) is 18.2 Å². The highest BCUT2D eigenvalue weighted by Crippen LogP contribution is 2.28. The largest absolute Gasteiger partial charge is 0.366 e. The van der Waals surface area contributed by atoms with Gasteiger partial charge < -0.3 is 14.7 Å². The Morgan fingerprint density at radius 2 is 1.71 bits per heavy atom. The van der Waals surface area contributed by atoms with Gasteiger partial charge in [0.25, 0.3) is 5.56 Å². The van der Waals surface area contributed by atoms with Gasteiger partial charge in [-0.15, -0.1) is 23.5 Å². The van der Waals surface area contributed by atoms with Crippen molar-refractivity contribution in [2.24, 2.45) is 0 Å². The highest BCUT2D eigenvalue weighted by molar-refractivity contribution is 8.00. The van der Waals surface area contributed by atoms with Crippen LogP contribution in [0.5, 0.6) is 0 Å². The molecular weight excluding hydrogens is 480 g/mol. The fourth-order valence-electron chi connectivity index (χ4n) is 3.74. The number of carbonyl (C=O) groups excluding carboxylic acids is 1. The van der Waals surface area contributed by atoms with E-state index in [9.17, 15) is 9.59 Å². The van der Waals surface area contributed by atoms with Crippen molar-refractivity contribution in [3.63, 3.8) is 0 Å². The molecule has 35 heavy (non-hydrogen) atoms. The number of benzene rings is 1. The molecule has 3 aromatic rings. The molecule has 2 aromatic heterocycles. The van der Waals surface area contributed by atoms with Gasteiger partial charge >= 0.3 is 0 Å². The number of hydrogen-bond donors (Lipinski definition) is 0. The summed E-state index contributed by atoms with van der Waals surface area (Å²) in [5.41, 5.74) is 1.49. The summed E-state index contributed by atoms with van der Waals surface area (Å²) in [6.45, 7) is 3.46. The molecule has 0 spiro atoms. The zero-order valence-corrected chi connectivity index (χ0v) is 21.7. The van der Waals surface area contributed by atoms with Crippen molar-refractivity contribution in [3.8, 4) is 5.69 Å². The van der Waals surface area contributed by atoms with Gasteiger partial charge in [0.15, 0.2) is 0 Å². The van der Waals surface area contributed by atoms with E-state index < -0.39 is 0 Å². The molecule has 0 saturated carbocycles. The number of anilines is 1. The summed E-state index contributed by atoms with van der Waals surface area (Å²) < 4.78 is 1.47. The lowest BCUT2D eigenvalue weighted by Gasteiger charge is -2.36. The molecule has 1 aliphatic rings. The number of thioether (sulfide) groups is 2. The molecule has 1 fully saturated rings. The van der Waals surface area contributed by atoms with E-state index in [4.69, 9.17) is 0 Å². The van der Waals surface area contributed by atoms with E-state index in [2.05, 4.69) is 19.9 Å². The van der Waals surface area contributed by atoms with Crippen molar-refractivity contribution in [2.75, 3.05) is 63.2 Å². The van der Waals surface area contributed by atoms with Gasteiger partial charge in [0.05, 0.1) is 28.2 Å². The number of amides is 1. The zero-order chi connectivity index (χ0) is 24.6. The maximum absolute atomic E-state index is 13.5. The molecule has 0 bridgehead atoms. The van der Waals surface area contributed by atoms with Crippen LogP contribution in [0.3, 0.4) is 0 Å². The number of aromatic nitrogens is 3. The van der Waals surface area contributed by atoms with Crippen LogP contribution in [0.15, 0.2) is 75.6 Å². The minimum absolute atomic E-state index is 0.107. The Balaban J connectivity index is 1.46. The van der Waals surface area contributed by atoms with Gasteiger partial charge in [-0.25, -0.2) is 0 Å². The molecule has 0 N–H and O–H groups in total. The van der Waals surface area contributed by atoms with Gasteiger partial charge in [0, 0.05) is 55.8 Å². The summed E-state index contributed by atoms with van der Waals surface area (Å²) in [4.78, 5) is 38.2. The van der Waals surface area contributed by atoms with E-state index in [-0.39, 0.29) is 11.5 Å². The monoisotopic (exact) mass is 510 g/mol. The molecule has 0 atom stereocenters.